The van der Waals surface area contributed by atoms with Crippen LogP contribution in [-0.4, -0.2) is 41.3 Å². The first-order valence-corrected chi connectivity index (χ1v) is 8.08. The van der Waals surface area contributed by atoms with Gasteiger partial charge in [0.05, 0.1) is 5.60 Å². The van der Waals surface area contributed by atoms with Gasteiger partial charge in [0.25, 0.3) is 0 Å². The third-order valence-corrected chi connectivity index (χ3v) is 4.10. The number of nitrogens with zero attached hydrogens (tertiary/aromatic N) is 1. The quantitative estimate of drug-likeness (QED) is 0.783. The lowest BCUT2D eigenvalue weighted by Crippen LogP contribution is -2.48. The summed E-state index contributed by atoms with van der Waals surface area (Å²) in [6.45, 7) is 6.68. The fraction of sp³-hybridized carbons (Fsp3) is 0.588. The molecular formula is C17H27N3O2. The summed E-state index contributed by atoms with van der Waals surface area (Å²) >= 11 is 0. The average molecular weight is 305 g/mol. The first-order chi connectivity index (χ1) is 10.5. The molecule has 5 heteroatoms. The largest absolute Gasteiger partial charge is 0.390 e. The van der Waals surface area contributed by atoms with Crippen LogP contribution in [0.2, 0.25) is 0 Å². The zero-order valence-corrected chi connectivity index (χ0v) is 13.6. The Labute approximate surface area is 132 Å². The molecule has 1 aromatic carbocycles. The van der Waals surface area contributed by atoms with Crippen molar-refractivity contribution in [1.82, 2.24) is 10.2 Å². The fourth-order valence-corrected chi connectivity index (χ4v) is 2.49. The second kappa shape index (κ2) is 7.49. The highest BCUT2D eigenvalue weighted by molar-refractivity contribution is 5.74. The number of nitrogens with one attached hydrogen (secondary N) is 2. The van der Waals surface area contributed by atoms with E-state index in [4.69, 9.17) is 0 Å². The number of amides is 2. The Morgan fingerprint density at radius 2 is 1.91 bits per heavy atom. The third kappa shape index (κ3) is 4.91. The molecule has 1 saturated heterocycles. The van der Waals surface area contributed by atoms with Crippen LogP contribution in [-0.2, 0) is 6.54 Å². The molecule has 5 nitrogen and oxygen atoms in total. The topological polar surface area (TPSA) is 64.6 Å². The lowest BCUT2D eigenvalue weighted by molar-refractivity contribution is 0.00436. The van der Waals surface area contributed by atoms with Crippen molar-refractivity contribution in [3.63, 3.8) is 0 Å². The molecule has 1 fully saturated rings. The van der Waals surface area contributed by atoms with E-state index in [1.54, 1.807) is 4.90 Å². The zero-order valence-electron chi connectivity index (χ0n) is 13.6. The minimum atomic E-state index is -0.627. The lowest BCUT2D eigenvalue weighted by atomic mass is 9.94. The number of carbonyl (C=O) groups excluding carboxylic acids is 1. The maximum Gasteiger partial charge on any atom is 0.317 e. The molecule has 22 heavy (non-hydrogen) atoms. The summed E-state index contributed by atoms with van der Waals surface area (Å²) in [6, 6.07) is 8.08. The summed E-state index contributed by atoms with van der Waals surface area (Å²) in [5.74, 6) is 0. The summed E-state index contributed by atoms with van der Waals surface area (Å²) in [6.07, 6.45) is 2.37. The van der Waals surface area contributed by atoms with Crippen LogP contribution < -0.4 is 10.6 Å². The third-order valence-electron chi connectivity index (χ3n) is 4.10. The highest BCUT2D eigenvalue weighted by Gasteiger charge is 2.29. The standard InChI is InChI=1S/C17H27N3O2/c1-3-10-18-15-6-4-14(5-7-15)13-19-16(21)20-11-8-17(2,22)9-12-20/h4-7,18,22H,3,8-13H2,1-2H3,(H,19,21). The van der Waals surface area contributed by atoms with Crippen LogP contribution in [0, 0.1) is 0 Å². The molecule has 0 atom stereocenters. The van der Waals surface area contributed by atoms with Crippen molar-refractivity contribution in [2.24, 2.45) is 0 Å². The molecule has 0 unspecified atom stereocenters. The van der Waals surface area contributed by atoms with Gasteiger partial charge in [0, 0.05) is 31.9 Å². The highest BCUT2D eigenvalue weighted by Crippen LogP contribution is 2.21. The summed E-state index contributed by atoms with van der Waals surface area (Å²) < 4.78 is 0. The van der Waals surface area contributed by atoms with Gasteiger partial charge in [0.2, 0.25) is 0 Å². The Kier molecular flexibility index (Phi) is 5.66. The van der Waals surface area contributed by atoms with E-state index in [9.17, 15) is 9.90 Å². The SMILES string of the molecule is CCCNc1ccc(CNC(=O)N2CCC(C)(O)CC2)cc1. The fourth-order valence-electron chi connectivity index (χ4n) is 2.49. The van der Waals surface area contributed by atoms with Gasteiger partial charge in [-0.05, 0) is 43.9 Å². The minimum Gasteiger partial charge on any atom is -0.390 e. The molecule has 2 amide bonds. The molecule has 0 radical (unpaired) electrons. The number of likely N-dealkylation sites (tertiary alicyclic amines) is 1. The summed E-state index contributed by atoms with van der Waals surface area (Å²) in [5, 5.41) is 16.2. The smallest absolute Gasteiger partial charge is 0.317 e. The molecule has 2 rings (SSSR count). The zero-order chi connectivity index (χ0) is 16.0. The monoisotopic (exact) mass is 305 g/mol. The normalized spacial score (nSPS) is 17.1. The van der Waals surface area contributed by atoms with Gasteiger partial charge >= 0.3 is 6.03 Å². The van der Waals surface area contributed by atoms with Crippen molar-refractivity contribution in [2.75, 3.05) is 25.0 Å². The van der Waals surface area contributed by atoms with Crippen LogP contribution in [0.3, 0.4) is 0 Å². The van der Waals surface area contributed by atoms with Crippen molar-refractivity contribution in [3.8, 4) is 0 Å². The number of benzene rings is 1. The van der Waals surface area contributed by atoms with E-state index in [0.29, 0.717) is 32.5 Å². The maximum atomic E-state index is 12.1. The second-order valence-corrected chi connectivity index (χ2v) is 6.27. The van der Waals surface area contributed by atoms with Crippen LogP contribution in [0.5, 0.6) is 0 Å². The Balaban J connectivity index is 1.76. The van der Waals surface area contributed by atoms with Crippen LogP contribution in [0.4, 0.5) is 10.5 Å². The van der Waals surface area contributed by atoms with Crippen LogP contribution in [0.15, 0.2) is 24.3 Å². The van der Waals surface area contributed by atoms with Gasteiger partial charge in [0.15, 0.2) is 0 Å². The summed E-state index contributed by atoms with van der Waals surface area (Å²) in [7, 11) is 0. The molecule has 0 spiro atoms. The molecular weight excluding hydrogens is 278 g/mol. The van der Waals surface area contributed by atoms with Gasteiger partial charge in [-0.2, -0.15) is 0 Å². The van der Waals surface area contributed by atoms with E-state index in [1.807, 2.05) is 31.2 Å². The number of anilines is 1. The summed E-state index contributed by atoms with van der Waals surface area (Å²) in [4.78, 5) is 13.9. The highest BCUT2D eigenvalue weighted by atomic mass is 16.3. The van der Waals surface area contributed by atoms with E-state index in [-0.39, 0.29) is 6.03 Å². The number of rotatable bonds is 5. The Bertz CT molecular complexity index is 475. The van der Waals surface area contributed by atoms with Gasteiger partial charge in [-0.15, -0.1) is 0 Å². The number of aliphatic hydroxyl groups is 1. The Hall–Kier alpha value is -1.75. The molecule has 1 aromatic rings. The van der Waals surface area contributed by atoms with E-state index in [1.165, 1.54) is 0 Å². The van der Waals surface area contributed by atoms with E-state index >= 15 is 0 Å². The van der Waals surface area contributed by atoms with Gasteiger partial charge in [-0.25, -0.2) is 4.79 Å². The Morgan fingerprint density at radius 1 is 1.27 bits per heavy atom. The summed E-state index contributed by atoms with van der Waals surface area (Å²) in [5.41, 5.74) is 1.56. The van der Waals surface area contributed by atoms with Crippen molar-refractivity contribution in [1.29, 1.82) is 0 Å². The molecule has 1 heterocycles. The van der Waals surface area contributed by atoms with Crippen LogP contribution in [0.25, 0.3) is 0 Å². The minimum absolute atomic E-state index is 0.0521. The number of urea groups is 1. The van der Waals surface area contributed by atoms with Gasteiger partial charge in [0.1, 0.15) is 0 Å². The lowest BCUT2D eigenvalue weighted by Gasteiger charge is -2.35. The molecule has 0 aromatic heterocycles. The number of piperidine rings is 1. The predicted octanol–water partition coefficient (Wildman–Crippen LogP) is 2.56. The van der Waals surface area contributed by atoms with Crippen molar-refractivity contribution >= 4 is 11.7 Å². The van der Waals surface area contributed by atoms with Gasteiger partial charge < -0.3 is 20.6 Å². The number of hydrogen-bond donors (Lipinski definition) is 3. The molecule has 1 aliphatic heterocycles. The number of carbonyl (C=O) groups is 1. The molecule has 0 aliphatic carbocycles. The van der Waals surface area contributed by atoms with Crippen molar-refractivity contribution in [2.45, 2.75) is 45.3 Å². The van der Waals surface area contributed by atoms with E-state index < -0.39 is 5.60 Å². The van der Waals surface area contributed by atoms with E-state index in [0.717, 1.165) is 24.2 Å². The maximum absolute atomic E-state index is 12.1. The molecule has 122 valence electrons. The molecule has 0 bridgehead atoms. The average Bonchev–Trinajstić information content (AvgIpc) is 2.51. The van der Waals surface area contributed by atoms with Gasteiger partial charge in [-0.3, -0.25) is 0 Å². The van der Waals surface area contributed by atoms with Gasteiger partial charge in [-0.1, -0.05) is 19.1 Å². The van der Waals surface area contributed by atoms with Crippen LogP contribution >= 0.6 is 0 Å². The van der Waals surface area contributed by atoms with Crippen molar-refractivity contribution in [3.05, 3.63) is 29.8 Å². The van der Waals surface area contributed by atoms with E-state index in [2.05, 4.69) is 17.6 Å². The molecule has 1 aliphatic rings. The molecule has 3 N–H and O–H groups in total. The Morgan fingerprint density at radius 3 is 2.50 bits per heavy atom. The number of hydrogen-bond acceptors (Lipinski definition) is 3. The van der Waals surface area contributed by atoms with Crippen molar-refractivity contribution < 1.29 is 9.90 Å². The van der Waals surface area contributed by atoms with Crippen LogP contribution in [0.1, 0.15) is 38.7 Å². The predicted molar refractivity (Wildman–Crippen MR) is 88.9 cm³/mol. The second-order valence-electron chi connectivity index (χ2n) is 6.27. The molecule has 0 saturated carbocycles. The first-order valence-electron chi connectivity index (χ1n) is 8.08. The first kappa shape index (κ1) is 16.6.